The Balaban J connectivity index is 1.59. The van der Waals surface area contributed by atoms with Gasteiger partial charge >= 0.3 is 0 Å². The van der Waals surface area contributed by atoms with Gasteiger partial charge in [0.15, 0.2) is 11.5 Å². The number of hydrogen-bond donors (Lipinski definition) is 1. The molecule has 46 heavy (non-hydrogen) atoms. The Morgan fingerprint density at radius 3 is 2.15 bits per heavy atom. The van der Waals surface area contributed by atoms with Crippen LogP contribution >= 0.6 is 11.6 Å². The summed E-state index contributed by atoms with van der Waals surface area (Å²) in [5.74, 6) is -0.0759. The Hall–Kier alpha value is -4.54. The number of hydrogen-bond acceptors (Lipinski definition) is 6. The van der Waals surface area contributed by atoms with Crippen LogP contribution in [0.15, 0.2) is 108 Å². The predicted octanol–water partition coefficient (Wildman–Crippen LogP) is 5.47. The SMILES string of the molecule is CC(C)NC(=O)C(Cc1ccccc1)N(Cc1cccc(Cl)c1)C(=O)CN(c1ccc2c(c1)OCCO2)S(=O)(=O)c1ccccc1. The number of carbonyl (C=O) groups is 2. The summed E-state index contributed by atoms with van der Waals surface area (Å²) in [5, 5.41) is 3.42. The third-order valence-corrected chi connectivity index (χ3v) is 9.39. The molecule has 1 atom stereocenters. The van der Waals surface area contributed by atoms with Crippen LogP contribution in [0.2, 0.25) is 5.02 Å². The van der Waals surface area contributed by atoms with E-state index in [2.05, 4.69) is 5.32 Å². The Labute approximate surface area is 274 Å². The zero-order chi connectivity index (χ0) is 32.7. The summed E-state index contributed by atoms with van der Waals surface area (Å²) in [6.45, 7) is 3.80. The van der Waals surface area contributed by atoms with Crippen LogP contribution in [0, 0.1) is 0 Å². The largest absolute Gasteiger partial charge is 0.486 e. The average Bonchev–Trinajstić information content (AvgIpc) is 3.05. The second-order valence-electron chi connectivity index (χ2n) is 11.2. The zero-order valence-corrected chi connectivity index (χ0v) is 27.2. The van der Waals surface area contributed by atoms with Crippen LogP contribution in [0.25, 0.3) is 0 Å². The van der Waals surface area contributed by atoms with E-state index in [0.29, 0.717) is 35.3 Å². The molecule has 5 rings (SSSR count). The predicted molar refractivity (Wildman–Crippen MR) is 178 cm³/mol. The molecule has 1 unspecified atom stereocenters. The molecular weight excluding hydrogens is 626 g/mol. The first-order valence-corrected chi connectivity index (χ1v) is 16.8. The van der Waals surface area contributed by atoms with Gasteiger partial charge in [0.1, 0.15) is 25.8 Å². The van der Waals surface area contributed by atoms with E-state index in [4.69, 9.17) is 21.1 Å². The molecule has 0 saturated carbocycles. The maximum atomic E-state index is 14.6. The van der Waals surface area contributed by atoms with Crippen molar-refractivity contribution in [1.29, 1.82) is 0 Å². The number of halogens is 1. The molecule has 0 spiro atoms. The Morgan fingerprint density at radius 1 is 0.826 bits per heavy atom. The fourth-order valence-corrected chi connectivity index (χ4v) is 6.84. The van der Waals surface area contributed by atoms with Gasteiger partial charge in [-0.15, -0.1) is 0 Å². The minimum Gasteiger partial charge on any atom is -0.486 e. The molecule has 1 N–H and O–H groups in total. The normalized spacial score (nSPS) is 13.1. The van der Waals surface area contributed by atoms with Gasteiger partial charge < -0.3 is 19.7 Å². The van der Waals surface area contributed by atoms with Crippen LogP contribution in [0.5, 0.6) is 11.5 Å². The molecular formula is C35H36ClN3O6S. The van der Waals surface area contributed by atoms with E-state index in [1.807, 2.05) is 50.2 Å². The number of fused-ring (bicyclic) bond motifs is 1. The van der Waals surface area contributed by atoms with Crippen molar-refractivity contribution in [2.24, 2.45) is 0 Å². The highest BCUT2D eigenvalue weighted by Crippen LogP contribution is 2.36. The minimum absolute atomic E-state index is 0.0115. The lowest BCUT2D eigenvalue weighted by Crippen LogP contribution is -2.54. The zero-order valence-electron chi connectivity index (χ0n) is 25.6. The molecule has 0 aromatic heterocycles. The first kappa shape index (κ1) is 32.8. The van der Waals surface area contributed by atoms with Crippen LogP contribution in [-0.4, -0.2) is 57.0 Å². The van der Waals surface area contributed by atoms with Crippen molar-refractivity contribution in [1.82, 2.24) is 10.2 Å². The number of carbonyl (C=O) groups excluding carboxylic acids is 2. The van der Waals surface area contributed by atoms with E-state index in [1.165, 1.54) is 17.0 Å². The molecule has 0 fully saturated rings. The van der Waals surface area contributed by atoms with Crippen LogP contribution < -0.4 is 19.1 Å². The number of rotatable bonds is 12. The van der Waals surface area contributed by atoms with Gasteiger partial charge in [0.2, 0.25) is 11.8 Å². The van der Waals surface area contributed by atoms with Crippen molar-refractivity contribution < 1.29 is 27.5 Å². The Kier molecular flexibility index (Phi) is 10.5. The second-order valence-corrected chi connectivity index (χ2v) is 13.5. The van der Waals surface area contributed by atoms with Crippen LogP contribution in [0.3, 0.4) is 0 Å². The maximum Gasteiger partial charge on any atom is 0.264 e. The molecule has 0 radical (unpaired) electrons. The van der Waals surface area contributed by atoms with Crippen molar-refractivity contribution in [2.75, 3.05) is 24.1 Å². The van der Waals surface area contributed by atoms with Gasteiger partial charge in [-0.2, -0.15) is 0 Å². The first-order chi connectivity index (χ1) is 22.1. The molecule has 1 heterocycles. The Morgan fingerprint density at radius 2 is 1.48 bits per heavy atom. The summed E-state index contributed by atoms with van der Waals surface area (Å²) in [6.07, 6.45) is 0.209. The van der Waals surface area contributed by atoms with Gasteiger partial charge in [0, 0.05) is 30.1 Å². The van der Waals surface area contributed by atoms with Crippen molar-refractivity contribution in [3.8, 4) is 11.5 Å². The third kappa shape index (κ3) is 7.99. The fourth-order valence-electron chi connectivity index (χ4n) is 5.20. The number of sulfonamides is 1. The van der Waals surface area contributed by atoms with Crippen molar-refractivity contribution >= 4 is 39.1 Å². The van der Waals surface area contributed by atoms with E-state index in [0.717, 1.165) is 9.87 Å². The lowest BCUT2D eigenvalue weighted by Gasteiger charge is -2.34. The summed E-state index contributed by atoms with van der Waals surface area (Å²) in [6, 6.07) is 27.9. The monoisotopic (exact) mass is 661 g/mol. The van der Waals surface area contributed by atoms with E-state index < -0.39 is 28.5 Å². The quantitative estimate of drug-likeness (QED) is 0.216. The summed E-state index contributed by atoms with van der Waals surface area (Å²) in [7, 11) is -4.24. The molecule has 11 heteroatoms. The molecule has 4 aromatic carbocycles. The number of nitrogens with zero attached hydrogens (tertiary/aromatic N) is 2. The van der Waals surface area contributed by atoms with Crippen LogP contribution in [0.4, 0.5) is 5.69 Å². The molecule has 0 bridgehead atoms. The van der Waals surface area contributed by atoms with Crippen LogP contribution in [0.1, 0.15) is 25.0 Å². The fraction of sp³-hybridized carbons (Fsp3) is 0.257. The van der Waals surface area contributed by atoms with E-state index >= 15 is 0 Å². The number of anilines is 1. The highest BCUT2D eigenvalue weighted by atomic mass is 35.5. The average molecular weight is 662 g/mol. The summed E-state index contributed by atoms with van der Waals surface area (Å²) < 4.78 is 40.8. The van der Waals surface area contributed by atoms with Crippen LogP contribution in [-0.2, 0) is 32.6 Å². The van der Waals surface area contributed by atoms with Gasteiger partial charge in [0.05, 0.1) is 10.6 Å². The number of amides is 2. The smallest absolute Gasteiger partial charge is 0.264 e. The molecule has 9 nitrogen and oxygen atoms in total. The molecule has 1 aliphatic heterocycles. The number of nitrogens with one attached hydrogen (secondary N) is 1. The number of ether oxygens (including phenoxy) is 2. The second kappa shape index (κ2) is 14.7. The van der Waals surface area contributed by atoms with Gasteiger partial charge in [-0.1, -0.05) is 72.3 Å². The van der Waals surface area contributed by atoms with Gasteiger partial charge in [0.25, 0.3) is 10.0 Å². The molecule has 1 aliphatic rings. The summed E-state index contributed by atoms with van der Waals surface area (Å²) >= 11 is 6.31. The van der Waals surface area contributed by atoms with Crippen molar-refractivity contribution in [3.63, 3.8) is 0 Å². The van der Waals surface area contributed by atoms with Gasteiger partial charge in [-0.25, -0.2) is 8.42 Å². The maximum absolute atomic E-state index is 14.6. The highest BCUT2D eigenvalue weighted by Gasteiger charge is 2.35. The first-order valence-electron chi connectivity index (χ1n) is 15.0. The standard InChI is InChI=1S/C35H36ClN3O6S/c1-25(2)37-35(41)31(21-26-10-5-3-6-11-26)38(23-27-12-9-13-28(36)20-27)34(40)24-39(46(42,43)30-14-7-4-8-15-30)29-16-17-32-33(22-29)45-19-18-44-32/h3-17,20,22,25,31H,18-19,21,23-24H2,1-2H3,(H,37,41). The lowest BCUT2D eigenvalue weighted by molar-refractivity contribution is -0.140. The molecule has 0 saturated heterocycles. The molecule has 4 aromatic rings. The van der Waals surface area contributed by atoms with E-state index in [1.54, 1.807) is 54.6 Å². The highest BCUT2D eigenvalue weighted by molar-refractivity contribution is 7.92. The van der Waals surface area contributed by atoms with Crippen molar-refractivity contribution in [3.05, 3.63) is 119 Å². The van der Waals surface area contributed by atoms with Gasteiger partial charge in [-0.3, -0.25) is 13.9 Å². The Bertz CT molecular complexity index is 1770. The summed E-state index contributed by atoms with van der Waals surface area (Å²) in [5.41, 5.74) is 1.75. The van der Waals surface area contributed by atoms with Gasteiger partial charge in [-0.05, 0) is 61.4 Å². The van der Waals surface area contributed by atoms with E-state index in [9.17, 15) is 18.0 Å². The number of benzene rings is 4. The molecule has 240 valence electrons. The lowest BCUT2D eigenvalue weighted by atomic mass is 10.0. The van der Waals surface area contributed by atoms with Crippen molar-refractivity contribution in [2.45, 2.75) is 43.8 Å². The minimum atomic E-state index is -4.24. The van der Waals surface area contributed by atoms with E-state index in [-0.39, 0.29) is 35.5 Å². The summed E-state index contributed by atoms with van der Waals surface area (Å²) in [4.78, 5) is 29.8. The topological polar surface area (TPSA) is 105 Å². The third-order valence-electron chi connectivity index (χ3n) is 7.37. The molecule has 2 amide bonds. The molecule has 0 aliphatic carbocycles.